The zero-order valence-corrected chi connectivity index (χ0v) is 20.4. The van der Waals surface area contributed by atoms with Gasteiger partial charge in [-0.2, -0.15) is 0 Å². The number of phenols is 1. The Morgan fingerprint density at radius 1 is 0.632 bits per heavy atom. The average molecular weight is 513 g/mol. The van der Waals surface area contributed by atoms with Gasteiger partial charge in [-0.3, -0.25) is 9.59 Å². The number of rotatable bonds is 7. The number of phenolic OH excluding ortho intramolecular Hbond substituents is 1. The number of carbonyl (C=O) groups is 4. The van der Waals surface area contributed by atoms with Crippen LogP contribution < -0.4 is 9.47 Å². The molecule has 0 spiro atoms. The molecule has 0 bridgehead atoms. The van der Waals surface area contributed by atoms with Crippen LogP contribution in [0.3, 0.4) is 0 Å². The third-order valence-corrected chi connectivity index (χ3v) is 5.13. The van der Waals surface area contributed by atoms with E-state index >= 15 is 0 Å². The van der Waals surface area contributed by atoms with Crippen LogP contribution in [-0.4, -0.2) is 33.9 Å². The number of esters is 2. The Balaban J connectivity index is 0.000000211. The topological polar surface area (TPSA) is 127 Å². The van der Waals surface area contributed by atoms with E-state index in [-0.39, 0.29) is 40.6 Å². The maximum atomic E-state index is 11.9. The van der Waals surface area contributed by atoms with E-state index in [1.165, 1.54) is 37.3 Å². The Bertz CT molecular complexity index is 1440. The normalized spacial score (nSPS) is 9.92. The van der Waals surface area contributed by atoms with Crippen molar-refractivity contribution in [2.24, 2.45) is 0 Å². The standard InChI is InChI=1S/2C15H12O4/c1-10(16)11-6-3-5-9-14(11)19-15(18)12-7-2-4-8-13(12)17;16-14(10-11-6-2-1-3-7-11)19-13-9-5-4-8-12(13)15(17)18/h2-9,17H,1H3;1-9H,10H2,(H,17,18). The predicted octanol–water partition coefficient (Wildman–Crippen LogP) is 5.35. The maximum Gasteiger partial charge on any atom is 0.347 e. The number of Topliss-reactive ketones (excluding diaryl/α,β-unsaturated/α-hetero) is 1. The fourth-order valence-corrected chi connectivity index (χ4v) is 3.30. The van der Waals surface area contributed by atoms with Gasteiger partial charge in [0.15, 0.2) is 5.78 Å². The number of aromatic hydroxyl groups is 1. The van der Waals surface area contributed by atoms with Gasteiger partial charge in [0.2, 0.25) is 0 Å². The van der Waals surface area contributed by atoms with Crippen LogP contribution in [0.1, 0.15) is 43.6 Å². The molecule has 0 amide bonds. The van der Waals surface area contributed by atoms with Crippen molar-refractivity contribution < 1.29 is 38.9 Å². The molecule has 8 heteroatoms. The van der Waals surface area contributed by atoms with Crippen molar-refractivity contribution in [2.45, 2.75) is 13.3 Å². The van der Waals surface area contributed by atoms with Gasteiger partial charge in [-0.1, -0.05) is 66.7 Å². The molecule has 0 radical (unpaired) electrons. The zero-order chi connectivity index (χ0) is 27.5. The van der Waals surface area contributed by atoms with Gasteiger partial charge < -0.3 is 19.7 Å². The molecule has 0 unspecified atom stereocenters. The van der Waals surface area contributed by atoms with Gasteiger partial charge in [-0.25, -0.2) is 9.59 Å². The maximum absolute atomic E-state index is 11.9. The first-order valence-electron chi connectivity index (χ1n) is 11.4. The minimum Gasteiger partial charge on any atom is -0.507 e. The van der Waals surface area contributed by atoms with Gasteiger partial charge in [0.1, 0.15) is 28.4 Å². The molecule has 38 heavy (non-hydrogen) atoms. The molecular weight excluding hydrogens is 488 g/mol. The van der Waals surface area contributed by atoms with Crippen molar-refractivity contribution in [3.63, 3.8) is 0 Å². The molecule has 4 aromatic rings. The Morgan fingerprint density at radius 3 is 1.71 bits per heavy atom. The summed E-state index contributed by atoms with van der Waals surface area (Å²) < 4.78 is 10.2. The van der Waals surface area contributed by atoms with E-state index in [0.717, 1.165) is 5.56 Å². The highest BCUT2D eigenvalue weighted by Crippen LogP contribution is 2.23. The number of carboxylic acid groups (broad SMARTS) is 1. The third-order valence-electron chi connectivity index (χ3n) is 5.13. The predicted molar refractivity (Wildman–Crippen MR) is 139 cm³/mol. The SMILES string of the molecule is CC(=O)c1ccccc1OC(=O)c1ccccc1O.O=C(Cc1ccccc1)Oc1ccccc1C(=O)O. The van der Waals surface area contributed by atoms with Crippen molar-refractivity contribution in [2.75, 3.05) is 0 Å². The monoisotopic (exact) mass is 512 g/mol. The largest absolute Gasteiger partial charge is 0.507 e. The summed E-state index contributed by atoms with van der Waals surface area (Å²) in [6, 6.07) is 27.7. The lowest BCUT2D eigenvalue weighted by molar-refractivity contribution is -0.133. The fourth-order valence-electron chi connectivity index (χ4n) is 3.30. The van der Waals surface area contributed by atoms with Crippen LogP contribution in [0.2, 0.25) is 0 Å². The smallest absolute Gasteiger partial charge is 0.347 e. The highest BCUT2D eigenvalue weighted by atomic mass is 16.5. The number of hydrogen-bond donors (Lipinski definition) is 2. The molecule has 192 valence electrons. The molecule has 0 saturated carbocycles. The Hall–Kier alpha value is -5.24. The average Bonchev–Trinajstić information content (AvgIpc) is 2.90. The highest BCUT2D eigenvalue weighted by molar-refractivity contribution is 5.99. The number of carboxylic acids is 1. The van der Waals surface area contributed by atoms with Gasteiger partial charge >= 0.3 is 17.9 Å². The molecule has 0 aliphatic rings. The molecule has 0 atom stereocenters. The number of hydrogen-bond acceptors (Lipinski definition) is 7. The Labute approximate surface area is 218 Å². The molecule has 0 heterocycles. The molecule has 8 nitrogen and oxygen atoms in total. The van der Waals surface area contributed by atoms with Crippen LogP contribution in [0.15, 0.2) is 103 Å². The van der Waals surface area contributed by atoms with Crippen molar-refractivity contribution in [1.82, 2.24) is 0 Å². The van der Waals surface area contributed by atoms with Crippen LogP contribution in [0.25, 0.3) is 0 Å². The number of para-hydroxylation sites is 3. The molecule has 4 rings (SSSR count). The molecular formula is C30H24O8. The first-order valence-corrected chi connectivity index (χ1v) is 11.4. The molecule has 0 fully saturated rings. The van der Waals surface area contributed by atoms with Crippen LogP contribution in [0.4, 0.5) is 0 Å². The lowest BCUT2D eigenvalue weighted by Gasteiger charge is -2.08. The fraction of sp³-hybridized carbons (Fsp3) is 0.0667. The minimum absolute atomic E-state index is 0.0242. The van der Waals surface area contributed by atoms with Crippen LogP contribution in [0.5, 0.6) is 17.2 Å². The zero-order valence-electron chi connectivity index (χ0n) is 20.4. The van der Waals surface area contributed by atoms with E-state index in [0.29, 0.717) is 5.56 Å². The van der Waals surface area contributed by atoms with Crippen molar-refractivity contribution in [1.29, 1.82) is 0 Å². The van der Waals surface area contributed by atoms with E-state index in [4.69, 9.17) is 14.6 Å². The molecule has 0 aliphatic carbocycles. The van der Waals surface area contributed by atoms with Crippen LogP contribution >= 0.6 is 0 Å². The second-order valence-electron chi connectivity index (χ2n) is 7.90. The molecule has 2 N–H and O–H groups in total. The van der Waals surface area contributed by atoms with Crippen molar-refractivity contribution >= 4 is 23.7 Å². The van der Waals surface area contributed by atoms with E-state index in [2.05, 4.69) is 0 Å². The van der Waals surface area contributed by atoms with Gasteiger partial charge in [0.25, 0.3) is 0 Å². The van der Waals surface area contributed by atoms with Gasteiger partial charge in [-0.05, 0) is 48.9 Å². The first-order chi connectivity index (χ1) is 18.3. The van der Waals surface area contributed by atoms with Gasteiger partial charge in [-0.15, -0.1) is 0 Å². The summed E-state index contributed by atoms with van der Waals surface area (Å²) in [7, 11) is 0. The minimum atomic E-state index is -1.12. The number of ketones is 1. The quantitative estimate of drug-likeness (QED) is 0.193. The van der Waals surface area contributed by atoms with E-state index in [9.17, 15) is 24.3 Å². The lowest BCUT2D eigenvalue weighted by atomic mass is 10.1. The summed E-state index contributed by atoms with van der Waals surface area (Å²) in [5.74, 6) is -2.41. The number of benzene rings is 4. The lowest BCUT2D eigenvalue weighted by Crippen LogP contribution is -2.13. The summed E-state index contributed by atoms with van der Waals surface area (Å²) in [5, 5.41) is 18.5. The van der Waals surface area contributed by atoms with E-state index in [1.807, 2.05) is 30.3 Å². The number of carbonyl (C=O) groups excluding carboxylic acids is 3. The Morgan fingerprint density at radius 2 is 1.13 bits per heavy atom. The molecule has 0 aromatic heterocycles. The highest BCUT2D eigenvalue weighted by Gasteiger charge is 2.16. The first kappa shape index (κ1) is 27.3. The summed E-state index contributed by atoms with van der Waals surface area (Å²) in [4.78, 5) is 46.0. The number of aromatic carboxylic acids is 1. The summed E-state index contributed by atoms with van der Waals surface area (Å²) >= 11 is 0. The van der Waals surface area contributed by atoms with Gasteiger partial charge in [0, 0.05) is 0 Å². The van der Waals surface area contributed by atoms with Crippen LogP contribution in [-0.2, 0) is 11.2 Å². The van der Waals surface area contributed by atoms with Crippen molar-refractivity contribution in [3.05, 3.63) is 125 Å². The number of ether oxygens (including phenoxy) is 2. The Kier molecular flexibility index (Phi) is 9.48. The molecule has 0 saturated heterocycles. The van der Waals surface area contributed by atoms with E-state index < -0.39 is 17.9 Å². The van der Waals surface area contributed by atoms with Crippen LogP contribution in [0, 0.1) is 0 Å². The second kappa shape index (κ2) is 13.2. The molecule has 4 aromatic carbocycles. The second-order valence-corrected chi connectivity index (χ2v) is 7.90. The summed E-state index contributed by atoms with van der Waals surface area (Å²) in [6.45, 7) is 1.40. The van der Waals surface area contributed by atoms with Crippen molar-refractivity contribution in [3.8, 4) is 17.2 Å². The van der Waals surface area contributed by atoms with E-state index in [1.54, 1.807) is 42.5 Å². The summed E-state index contributed by atoms with van der Waals surface area (Å²) in [5.41, 5.74) is 1.18. The van der Waals surface area contributed by atoms with Gasteiger partial charge in [0.05, 0.1) is 12.0 Å². The molecule has 0 aliphatic heterocycles. The summed E-state index contributed by atoms with van der Waals surface area (Å²) in [6.07, 6.45) is 0.106. The third kappa shape index (κ3) is 7.63.